The highest BCUT2D eigenvalue weighted by atomic mass is 19.1. The van der Waals surface area contributed by atoms with Crippen LogP contribution in [-0.4, -0.2) is 12.2 Å². The largest absolute Gasteiger partial charge is 0.388 e. The average Bonchev–Trinajstić information content (AvgIpc) is 2.40. The van der Waals surface area contributed by atoms with Crippen LogP contribution in [0.2, 0.25) is 0 Å². The van der Waals surface area contributed by atoms with E-state index in [-0.39, 0.29) is 5.82 Å². The van der Waals surface area contributed by atoms with Crippen LogP contribution in [0.25, 0.3) is 0 Å². The summed E-state index contributed by atoms with van der Waals surface area (Å²) >= 11 is 0. The minimum Gasteiger partial charge on any atom is -0.388 e. The zero-order chi connectivity index (χ0) is 13.7. The Balaban J connectivity index is 2.05. The zero-order valence-corrected chi connectivity index (χ0v) is 10.8. The van der Waals surface area contributed by atoms with Gasteiger partial charge in [-0.2, -0.15) is 0 Å². The van der Waals surface area contributed by atoms with Crippen molar-refractivity contribution in [3.63, 3.8) is 0 Å². The Bertz CT molecular complexity index is 523. The minimum atomic E-state index is -0.626. The first-order chi connectivity index (χ1) is 9.19. The molecule has 0 saturated carbocycles. The molecule has 1 unspecified atom stereocenters. The fourth-order valence-electron chi connectivity index (χ4n) is 2.01. The maximum atomic E-state index is 13.1. The number of hydrogen-bond donors (Lipinski definition) is 1. The van der Waals surface area contributed by atoms with Crippen LogP contribution in [0, 0.1) is 5.82 Å². The van der Waals surface area contributed by atoms with Gasteiger partial charge < -0.3 is 9.84 Å². The first kappa shape index (κ1) is 13.7. The molecule has 0 bridgehead atoms. The molecule has 0 aliphatic carbocycles. The summed E-state index contributed by atoms with van der Waals surface area (Å²) in [6.45, 7) is 0.556. The monoisotopic (exact) mass is 260 g/mol. The van der Waals surface area contributed by atoms with Crippen LogP contribution in [0.1, 0.15) is 22.8 Å². The molecule has 1 N–H and O–H groups in total. The molecule has 0 radical (unpaired) electrons. The number of ether oxygens (including phenoxy) is 1. The number of aliphatic hydroxyl groups excluding tert-OH is 1. The van der Waals surface area contributed by atoms with Crippen LogP contribution < -0.4 is 0 Å². The molecular weight excluding hydrogens is 243 g/mol. The predicted molar refractivity (Wildman–Crippen MR) is 72.2 cm³/mol. The molecule has 0 fully saturated rings. The Morgan fingerprint density at radius 2 is 1.84 bits per heavy atom. The lowest BCUT2D eigenvalue weighted by molar-refractivity contribution is 0.177. The quantitative estimate of drug-likeness (QED) is 0.894. The van der Waals surface area contributed by atoms with E-state index in [0.29, 0.717) is 13.0 Å². The molecule has 2 aromatic rings. The fourth-order valence-corrected chi connectivity index (χ4v) is 2.01. The number of benzene rings is 2. The highest BCUT2D eigenvalue weighted by molar-refractivity contribution is 5.26. The van der Waals surface area contributed by atoms with E-state index in [4.69, 9.17) is 4.74 Å². The van der Waals surface area contributed by atoms with E-state index in [2.05, 4.69) is 0 Å². The Hall–Kier alpha value is -1.71. The van der Waals surface area contributed by atoms with E-state index in [1.54, 1.807) is 13.2 Å². The van der Waals surface area contributed by atoms with Crippen molar-refractivity contribution in [3.8, 4) is 0 Å². The molecule has 0 aromatic heterocycles. The standard InChI is InChI=1S/C16H17FO2/c1-19-11-12-5-7-14(8-6-12)16(18)10-13-3-2-4-15(17)9-13/h2-9,16,18H,10-11H2,1H3. The number of hydrogen-bond acceptors (Lipinski definition) is 2. The molecule has 0 saturated heterocycles. The van der Waals surface area contributed by atoms with Crippen LogP contribution in [0.4, 0.5) is 4.39 Å². The number of rotatable bonds is 5. The van der Waals surface area contributed by atoms with Crippen LogP contribution in [0.15, 0.2) is 48.5 Å². The van der Waals surface area contributed by atoms with Crippen molar-refractivity contribution in [2.24, 2.45) is 0 Å². The molecule has 1 atom stereocenters. The molecule has 2 aromatic carbocycles. The molecule has 3 heteroatoms. The second-order valence-corrected chi connectivity index (χ2v) is 4.52. The highest BCUT2D eigenvalue weighted by Crippen LogP contribution is 2.19. The SMILES string of the molecule is COCc1ccc(C(O)Cc2cccc(F)c2)cc1. The third-order valence-corrected chi connectivity index (χ3v) is 2.99. The second-order valence-electron chi connectivity index (χ2n) is 4.52. The van der Waals surface area contributed by atoms with E-state index >= 15 is 0 Å². The van der Waals surface area contributed by atoms with Gasteiger partial charge in [0.05, 0.1) is 12.7 Å². The van der Waals surface area contributed by atoms with Gasteiger partial charge in [-0.05, 0) is 28.8 Å². The lowest BCUT2D eigenvalue weighted by Crippen LogP contribution is -2.02. The summed E-state index contributed by atoms with van der Waals surface area (Å²) in [5.41, 5.74) is 2.67. The molecule has 19 heavy (non-hydrogen) atoms. The van der Waals surface area contributed by atoms with E-state index in [1.807, 2.05) is 30.3 Å². The Labute approximate surface area is 112 Å². The van der Waals surface area contributed by atoms with E-state index in [1.165, 1.54) is 12.1 Å². The van der Waals surface area contributed by atoms with Gasteiger partial charge in [-0.3, -0.25) is 0 Å². The zero-order valence-electron chi connectivity index (χ0n) is 10.8. The molecule has 0 heterocycles. The van der Waals surface area contributed by atoms with Crippen molar-refractivity contribution in [2.45, 2.75) is 19.1 Å². The lowest BCUT2D eigenvalue weighted by atomic mass is 10.0. The van der Waals surface area contributed by atoms with Gasteiger partial charge >= 0.3 is 0 Å². The van der Waals surface area contributed by atoms with Crippen molar-refractivity contribution < 1.29 is 14.2 Å². The summed E-state index contributed by atoms with van der Waals surface area (Å²) in [6, 6.07) is 13.9. The normalized spacial score (nSPS) is 12.4. The van der Waals surface area contributed by atoms with Gasteiger partial charge in [0, 0.05) is 13.5 Å². The number of methoxy groups -OCH3 is 1. The van der Waals surface area contributed by atoms with Gasteiger partial charge in [-0.25, -0.2) is 4.39 Å². The summed E-state index contributed by atoms with van der Waals surface area (Å²) in [5, 5.41) is 10.1. The fraction of sp³-hybridized carbons (Fsp3) is 0.250. The Kier molecular flexibility index (Phi) is 4.66. The molecule has 0 aliphatic heterocycles. The minimum absolute atomic E-state index is 0.278. The molecular formula is C16H17FO2. The van der Waals surface area contributed by atoms with Crippen molar-refractivity contribution >= 4 is 0 Å². The second kappa shape index (κ2) is 6.45. The smallest absolute Gasteiger partial charge is 0.123 e. The average molecular weight is 260 g/mol. The van der Waals surface area contributed by atoms with Crippen molar-refractivity contribution in [1.29, 1.82) is 0 Å². The van der Waals surface area contributed by atoms with Gasteiger partial charge in [0.1, 0.15) is 5.82 Å². The van der Waals surface area contributed by atoms with Gasteiger partial charge in [-0.15, -0.1) is 0 Å². The highest BCUT2D eigenvalue weighted by Gasteiger charge is 2.09. The molecule has 0 aliphatic rings. The van der Waals surface area contributed by atoms with Gasteiger partial charge in [0.25, 0.3) is 0 Å². The van der Waals surface area contributed by atoms with Crippen molar-refractivity contribution in [2.75, 3.05) is 7.11 Å². The van der Waals surface area contributed by atoms with Gasteiger partial charge in [-0.1, -0.05) is 36.4 Å². The van der Waals surface area contributed by atoms with E-state index < -0.39 is 6.10 Å². The molecule has 0 amide bonds. The van der Waals surface area contributed by atoms with Crippen LogP contribution >= 0.6 is 0 Å². The summed E-state index contributed by atoms with van der Waals surface area (Å²) in [7, 11) is 1.65. The third kappa shape index (κ3) is 3.88. The van der Waals surface area contributed by atoms with E-state index in [9.17, 15) is 9.50 Å². The lowest BCUT2D eigenvalue weighted by Gasteiger charge is -2.12. The van der Waals surface area contributed by atoms with Crippen molar-refractivity contribution in [3.05, 3.63) is 71.0 Å². The third-order valence-electron chi connectivity index (χ3n) is 2.99. The van der Waals surface area contributed by atoms with Crippen LogP contribution in [0.3, 0.4) is 0 Å². The maximum absolute atomic E-state index is 13.1. The molecule has 0 spiro atoms. The Morgan fingerprint density at radius 1 is 1.11 bits per heavy atom. The number of aliphatic hydroxyl groups is 1. The first-order valence-electron chi connectivity index (χ1n) is 6.19. The van der Waals surface area contributed by atoms with Crippen LogP contribution in [-0.2, 0) is 17.8 Å². The summed E-state index contributed by atoms with van der Waals surface area (Å²) in [6.07, 6.45) is -0.222. The van der Waals surface area contributed by atoms with Crippen LogP contribution in [0.5, 0.6) is 0 Å². The van der Waals surface area contributed by atoms with E-state index in [0.717, 1.165) is 16.7 Å². The van der Waals surface area contributed by atoms with Crippen molar-refractivity contribution in [1.82, 2.24) is 0 Å². The predicted octanol–water partition coefficient (Wildman–Crippen LogP) is 3.25. The van der Waals surface area contributed by atoms with Gasteiger partial charge in [0.2, 0.25) is 0 Å². The maximum Gasteiger partial charge on any atom is 0.123 e. The topological polar surface area (TPSA) is 29.5 Å². The first-order valence-corrected chi connectivity index (χ1v) is 6.19. The number of halogens is 1. The summed E-state index contributed by atoms with van der Waals surface area (Å²) in [4.78, 5) is 0. The molecule has 2 rings (SSSR count). The Morgan fingerprint density at radius 3 is 2.47 bits per heavy atom. The summed E-state index contributed by atoms with van der Waals surface area (Å²) < 4.78 is 18.1. The van der Waals surface area contributed by atoms with Gasteiger partial charge in [0.15, 0.2) is 0 Å². The summed E-state index contributed by atoms with van der Waals surface area (Å²) in [5.74, 6) is -0.278. The molecule has 100 valence electrons. The molecule has 2 nitrogen and oxygen atoms in total.